The molecule has 40 heavy (non-hydrogen) atoms. The van der Waals surface area contributed by atoms with Gasteiger partial charge in [0.05, 0.1) is 19.1 Å². The highest BCUT2D eigenvalue weighted by atomic mass is 16.7. The van der Waals surface area contributed by atoms with Gasteiger partial charge < -0.3 is 35.3 Å². The van der Waals surface area contributed by atoms with E-state index in [2.05, 4.69) is 20.9 Å². The smallest absolute Gasteiger partial charge is 0.319 e. The maximum atomic E-state index is 12.7. The van der Waals surface area contributed by atoms with E-state index in [4.69, 9.17) is 14.2 Å². The number of hydrogen-bond donors (Lipinski definition) is 3. The molecule has 208 valence electrons. The van der Waals surface area contributed by atoms with Crippen LogP contribution in [0.1, 0.15) is 36.1 Å². The van der Waals surface area contributed by atoms with Crippen molar-refractivity contribution in [2.24, 2.45) is 4.99 Å². The Hall–Kier alpha value is -5.06. The predicted octanol–water partition coefficient (Wildman–Crippen LogP) is 2.65. The van der Waals surface area contributed by atoms with E-state index in [-0.39, 0.29) is 25.4 Å². The standard InChI is InChI=1S/C29H30N4O7/c1-2-38-27(35)15-23(20-11-12-24-25(14-20)40-18-39-24)33-26(34)17-30-28(36)21-9-6-10-22(13-21)32-29(37)31-16-19-7-4-3-5-8-19/h3-14,23H,2,15-18H2,1H3,(H,30,36)(H,33,34)(H2,31,32,37)/p-1. The van der Waals surface area contributed by atoms with E-state index in [0.29, 0.717) is 29.3 Å². The minimum Gasteiger partial charge on any atom is -0.858 e. The molecule has 0 radical (unpaired) electrons. The van der Waals surface area contributed by atoms with E-state index < -0.39 is 36.4 Å². The van der Waals surface area contributed by atoms with Crippen LogP contribution in [0.15, 0.2) is 77.8 Å². The lowest BCUT2D eigenvalue weighted by Gasteiger charge is -2.19. The molecule has 11 nitrogen and oxygen atoms in total. The SMILES string of the molecule is CCOC(=O)CC(NC(=O)CN=C([O-])c1cccc(NC(=O)NCc2ccccc2)c1)c1ccc2c(c1)OCO2. The van der Waals surface area contributed by atoms with Crippen molar-refractivity contribution in [3.05, 3.63) is 89.5 Å². The third-order valence-corrected chi connectivity index (χ3v) is 5.84. The van der Waals surface area contributed by atoms with Crippen molar-refractivity contribution in [1.82, 2.24) is 10.6 Å². The molecule has 0 saturated carbocycles. The van der Waals surface area contributed by atoms with Crippen molar-refractivity contribution in [1.29, 1.82) is 0 Å². The van der Waals surface area contributed by atoms with Crippen molar-refractivity contribution < 1.29 is 33.7 Å². The molecule has 3 N–H and O–H groups in total. The number of fused-ring (bicyclic) bond motifs is 1. The maximum absolute atomic E-state index is 12.7. The molecule has 3 aromatic rings. The minimum atomic E-state index is -0.728. The lowest BCUT2D eigenvalue weighted by atomic mass is 10.0. The highest BCUT2D eigenvalue weighted by molar-refractivity contribution is 5.95. The number of hydrogen-bond acceptors (Lipinski definition) is 8. The number of carbonyl (C=O) groups excluding carboxylic acids is 3. The molecule has 0 aliphatic carbocycles. The first-order valence-corrected chi connectivity index (χ1v) is 12.7. The largest absolute Gasteiger partial charge is 0.858 e. The topological polar surface area (TPSA) is 150 Å². The molecule has 1 atom stereocenters. The van der Waals surface area contributed by atoms with Crippen molar-refractivity contribution in [3.8, 4) is 11.5 Å². The van der Waals surface area contributed by atoms with Gasteiger partial charge in [-0.15, -0.1) is 0 Å². The number of ether oxygens (including phenoxy) is 3. The number of esters is 1. The minimum absolute atomic E-state index is 0.0871. The molecule has 4 rings (SSSR count). The molecular formula is C29H29N4O7-. The summed E-state index contributed by atoms with van der Waals surface area (Å²) in [5.74, 6) is -0.613. The van der Waals surface area contributed by atoms with Gasteiger partial charge in [0.1, 0.15) is 6.54 Å². The van der Waals surface area contributed by atoms with Crippen LogP contribution in [-0.4, -0.2) is 43.7 Å². The molecular weight excluding hydrogens is 516 g/mol. The summed E-state index contributed by atoms with van der Waals surface area (Å²) in [5.41, 5.74) is 2.16. The number of aliphatic imine (C=N–C) groups is 1. The number of carbonyl (C=O) groups is 3. The zero-order valence-electron chi connectivity index (χ0n) is 21.8. The van der Waals surface area contributed by atoms with Gasteiger partial charge in [-0.05, 0) is 53.8 Å². The highest BCUT2D eigenvalue weighted by Crippen LogP contribution is 2.35. The average molecular weight is 546 g/mol. The van der Waals surface area contributed by atoms with Crippen LogP contribution in [-0.2, 0) is 20.9 Å². The lowest BCUT2D eigenvalue weighted by Crippen LogP contribution is -2.33. The van der Waals surface area contributed by atoms with E-state index >= 15 is 0 Å². The highest BCUT2D eigenvalue weighted by Gasteiger charge is 2.22. The van der Waals surface area contributed by atoms with Crippen molar-refractivity contribution in [3.63, 3.8) is 0 Å². The number of rotatable bonds is 11. The molecule has 11 heteroatoms. The van der Waals surface area contributed by atoms with E-state index in [1.54, 1.807) is 37.3 Å². The Morgan fingerprint density at radius 3 is 2.60 bits per heavy atom. The van der Waals surface area contributed by atoms with E-state index in [0.717, 1.165) is 5.56 Å². The van der Waals surface area contributed by atoms with Crippen LogP contribution in [0.5, 0.6) is 11.5 Å². The van der Waals surface area contributed by atoms with Crippen molar-refractivity contribution >= 4 is 29.5 Å². The molecule has 1 aliphatic heterocycles. The third kappa shape index (κ3) is 7.97. The van der Waals surface area contributed by atoms with Gasteiger partial charge in [-0.2, -0.15) is 0 Å². The average Bonchev–Trinajstić information content (AvgIpc) is 3.43. The fraction of sp³-hybridized carbons (Fsp3) is 0.241. The number of nitrogens with zero attached hydrogens (tertiary/aromatic N) is 1. The van der Waals surface area contributed by atoms with Gasteiger partial charge in [-0.3, -0.25) is 14.6 Å². The summed E-state index contributed by atoms with van der Waals surface area (Å²) in [6, 6.07) is 19.6. The number of anilines is 1. The second-order valence-electron chi connectivity index (χ2n) is 8.74. The van der Waals surface area contributed by atoms with E-state index in [9.17, 15) is 19.5 Å². The Morgan fingerprint density at radius 1 is 1.00 bits per heavy atom. The Kier molecular flexibility index (Phi) is 9.54. The summed E-state index contributed by atoms with van der Waals surface area (Å²) in [6.07, 6.45) is -0.118. The Bertz CT molecular complexity index is 1380. The first kappa shape index (κ1) is 28.0. The number of benzene rings is 3. The molecule has 1 heterocycles. The first-order chi connectivity index (χ1) is 19.4. The van der Waals surface area contributed by atoms with Gasteiger partial charge in [-0.1, -0.05) is 48.5 Å². The van der Waals surface area contributed by atoms with Crippen LogP contribution >= 0.6 is 0 Å². The fourth-order valence-electron chi connectivity index (χ4n) is 3.93. The second-order valence-corrected chi connectivity index (χ2v) is 8.74. The second kappa shape index (κ2) is 13.7. The molecule has 0 spiro atoms. The summed E-state index contributed by atoms with van der Waals surface area (Å²) >= 11 is 0. The monoisotopic (exact) mass is 545 g/mol. The lowest BCUT2D eigenvalue weighted by molar-refractivity contribution is -0.213. The fourth-order valence-corrected chi connectivity index (χ4v) is 3.93. The van der Waals surface area contributed by atoms with Crippen molar-refractivity contribution in [2.45, 2.75) is 25.9 Å². The van der Waals surface area contributed by atoms with Gasteiger partial charge >= 0.3 is 12.0 Å². The Morgan fingerprint density at radius 2 is 1.80 bits per heavy atom. The maximum Gasteiger partial charge on any atom is 0.319 e. The van der Waals surface area contributed by atoms with E-state index in [1.807, 2.05) is 30.3 Å². The molecule has 1 unspecified atom stereocenters. The first-order valence-electron chi connectivity index (χ1n) is 12.7. The van der Waals surface area contributed by atoms with Crippen LogP contribution in [0.3, 0.4) is 0 Å². The molecule has 3 aromatic carbocycles. The summed E-state index contributed by atoms with van der Waals surface area (Å²) in [4.78, 5) is 41.0. The molecule has 0 bridgehead atoms. The summed E-state index contributed by atoms with van der Waals surface area (Å²) in [6.45, 7) is 1.87. The third-order valence-electron chi connectivity index (χ3n) is 5.84. The quantitative estimate of drug-likeness (QED) is 0.190. The number of amides is 3. The van der Waals surface area contributed by atoms with Gasteiger partial charge in [0, 0.05) is 12.2 Å². The van der Waals surface area contributed by atoms with Gasteiger partial charge in [0.25, 0.3) is 0 Å². The van der Waals surface area contributed by atoms with Crippen LogP contribution in [0, 0.1) is 0 Å². The Balaban J connectivity index is 1.36. The molecule has 1 aliphatic rings. The zero-order valence-corrected chi connectivity index (χ0v) is 21.8. The predicted molar refractivity (Wildman–Crippen MR) is 145 cm³/mol. The summed E-state index contributed by atoms with van der Waals surface area (Å²) in [7, 11) is 0. The van der Waals surface area contributed by atoms with Crippen molar-refractivity contribution in [2.75, 3.05) is 25.3 Å². The molecule has 0 aromatic heterocycles. The van der Waals surface area contributed by atoms with Gasteiger partial charge in [-0.25, -0.2) is 4.79 Å². The summed E-state index contributed by atoms with van der Waals surface area (Å²) in [5, 5.41) is 20.8. The number of nitrogens with one attached hydrogen (secondary N) is 3. The summed E-state index contributed by atoms with van der Waals surface area (Å²) < 4.78 is 15.8. The van der Waals surface area contributed by atoms with E-state index in [1.165, 1.54) is 12.1 Å². The molecule has 0 fully saturated rings. The van der Waals surface area contributed by atoms with Crippen LogP contribution < -0.4 is 30.5 Å². The van der Waals surface area contributed by atoms with Crippen LogP contribution in [0.2, 0.25) is 0 Å². The van der Waals surface area contributed by atoms with Gasteiger partial charge in [0.2, 0.25) is 12.7 Å². The van der Waals surface area contributed by atoms with Gasteiger partial charge in [0.15, 0.2) is 11.5 Å². The normalized spacial score (nSPS) is 12.8. The van der Waals surface area contributed by atoms with Crippen LogP contribution in [0.4, 0.5) is 10.5 Å². The molecule has 0 saturated heterocycles. The van der Waals surface area contributed by atoms with Crippen LogP contribution in [0.25, 0.3) is 0 Å². The number of urea groups is 1. The Labute approximate surface area is 231 Å². The zero-order chi connectivity index (χ0) is 28.3. The molecule has 3 amide bonds.